The van der Waals surface area contributed by atoms with Gasteiger partial charge in [0.1, 0.15) is 12.4 Å². The summed E-state index contributed by atoms with van der Waals surface area (Å²) in [6.07, 6.45) is 0. The highest BCUT2D eigenvalue weighted by molar-refractivity contribution is 14.0. The van der Waals surface area contributed by atoms with Gasteiger partial charge in [-0.1, -0.05) is 6.07 Å². The van der Waals surface area contributed by atoms with Crippen molar-refractivity contribution >= 4 is 29.9 Å². The number of nitrogens with zero attached hydrogens (tertiary/aromatic N) is 2. The lowest BCUT2D eigenvalue weighted by Crippen LogP contribution is -2.41. The molecule has 2 N–H and O–H groups in total. The summed E-state index contributed by atoms with van der Waals surface area (Å²) in [5.41, 5.74) is 2.45. The van der Waals surface area contributed by atoms with Crippen LogP contribution in [0.2, 0.25) is 0 Å². The summed E-state index contributed by atoms with van der Waals surface area (Å²) in [4.78, 5) is 7.03. The van der Waals surface area contributed by atoms with Crippen molar-refractivity contribution in [2.24, 2.45) is 4.99 Å². The highest BCUT2D eigenvalue weighted by Crippen LogP contribution is 2.15. The monoisotopic (exact) mass is 476 g/mol. The zero-order valence-corrected chi connectivity index (χ0v) is 18.5. The highest BCUT2D eigenvalue weighted by Gasteiger charge is 2.09. The second-order valence-electron chi connectivity index (χ2n) is 6.31. The molecule has 0 atom stereocenters. The molecule has 0 radical (unpaired) electrons. The summed E-state index contributed by atoms with van der Waals surface area (Å²) in [6, 6.07) is 6.28. The van der Waals surface area contributed by atoms with Crippen molar-refractivity contribution in [3.63, 3.8) is 0 Å². The molecule has 0 saturated carbocycles. The molecule has 1 fully saturated rings. The van der Waals surface area contributed by atoms with Crippen LogP contribution < -0.4 is 15.4 Å². The van der Waals surface area contributed by atoms with Crippen molar-refractivity contribution in [3.8, 4) is 5.75 Å². The SMILES string of the molecule is CCNC(=NCCN1CCOCC1)NCCOc1cc(C)cc(C)c1.I. The largest absolute Gasteiger partial charge is 0.492 e. The maximum absolute atomic E-state index is 5.83. The molecule has 6 nitrogen and oxygen atoms in total. The van der Waals surface area contributed by atoms with E-state index in [-0.39, 0.29) is 24.0 Å². The first kappa shape index (κ1) is 23.0. The van der Waals surface area contributed by atoms with Gasteiger partial charge in [-0.15, -0.1) is 24.0 Å². The number of hydrogen-bond acceptors (Lipinski definition) is 4. The molecule has 26 heavy (non-hydrogen) atoms. The predicted molar refractivity (Wildman–Crippen MR) is 118 cm³/mol. The lowest BCUT2D eigenvalue weighted by atomic mass is 10.1. The Kier molecular flexibility index (Phi) is 11.6. The molecule has 7 heteroatoms. The summed E-state index contributed by atoms with van der Waals surface area (Å²) in [6.45, 7) is 13.8. The smallest absolute Gasteiger partial charge is 0.191 e. The van der Waals surface area contributed by atoms with Crippen LogP contribution >= 0.6 is 24.0 Å². The predicted octanol–water partition coefficient (Wildman–Crippen LogP) is 2.19. The number of aliphatic imine (C=N–C) groups is 1. The van der Waals surface area contributed by atoms with E-state index in [0.29, 0.717) is 6.61 Å². The van der Waals surface area contributed by atoms with Gasteiger partial charge in [0.25, 0.3) is 0 Å². The summed E-state index contributed by atoms with van der Waals surface area (Å²) in [5, 5.41) is 6.61. The van der Waals surface area contributed by atoms with E-state index in [1.165, 1.54) is 11.1 Å². The molecule has 0 bridgehead atoms. The van der Waals surface area contributed by atoms with Crippen molar-refractivity contribution < 1.29 is 9.47 Å². The lowest BCUT2D eigenvalue weighted by Gasteiger charge is -2.25. The highest BCUT2D eigenvalue weighted by atomic mass is 127. The Morgan fingerprint density at radius 3 is 2.50 bits per heavy atom. The molecule has 0 spiro atoms. The van der Waals surface area contributed by atoms with E-state index in [2.05, 4.69) is 59.5 Å². The third kappa shape index (κ3) is 9.05. The van der Waals surface area contributed by atoms with Gasteiger partial charge in [0.05, 0.1) is 26.3 Å². The molecule has 1 saturated heterocycles. The molecule has 2 rings (SSSR count). The molecule has 1 aromatic rings. The minimum Gasteiger partial charge on any atom is -0.492 e. The van der Waals surface area contributed by atoms with Crippen molar-refractivity contribution in [1.82, 2.24) is 15.5 Å². The zero-order chi connectivity index (χ0) is 17.9. The Morgan fingerprint density at radius 1 is 1.15 bits per heavy atom. The topological polar surface area (TPSA) is 58.1 Å². The van der Waals surface area contributed by atoms with Gasteiger partial charge < -0.3 is 20.1 Å². The number of nitrogens with one attached hydrogen (secondary N) is 2. The third-order valence-electron chi connectivity index (χ3n) is 3.99. The fraction of sp³-hybridized carbons (Fsp3) is 0.632. The molecule has 0 aliphatic carbocycles. The number of aryl methyl sites for hydroxylation is 2. The molecule has 148 valence electrons. The van der Waals surface area contributed by atoms with Crippen LogP contribution in [0.4, 0.5) is 0 Å². The van der Waals surface area contributed by atoms with Crippen molar-refractivity contribution in [1.29, 1.82) is 0 Å². The summed E-state index contributed by atoms with van der Waals surface area (Å²) in [5.74, 6) is 1.77. The number of halogens is 1. The summed E-state index contributed by atoms with van der Waals surface area (Å²) in [7, 11) is 0. The van der Waals surface area contributed by atoms with Gasteiger partial charge in [0.15, 0.2) is 5.96 Å². The molecule has 1 heterocycles. The molecule has 1 aromatic carbocycles. The standard InChI is InChI=1S/C19H32N4O2.HI/c1-4-20-19(21-5-7-23-8-11-24-12-9-23)22-6-10-25-18-14-16(2)13-17(3)15-18;/h13-15H,4-12H2,1-3H3,(H2,20,21,22);1H. The molecule has 1 aliphatic heterocycles. The Bertz CT molecular complexity index is 528. The minimum atomic E-state index is 0. The minimum absolute atomic E-state index is 0. The van der Waals surface area contributed by atoms with Crippen molar-refractivity contribution in [3.05, 3.63) is 29.3 Å². The van der Waals surface area contributed by atoms with Crippen LogP contribution in [0.15, 0.2) is 23.2 Å². The maximum atomic E-state index is 5.83. The quantitative estimate of drug-likeness (QED) is 0.261. The van der Waals surface area contributed by atoms with Crippen molar-refractivity contribution in [2.45, 2.75) is 20.8 Å². The van der Waals surface area contributed by atoms with Gasteiger partial charge in [-0.25, -0.2) is 0 Å². The average Bonchev–Trinajstić information content (AvgIpc) is 2.59. The first-order valence-electron chi connectivity index (χ1n) is 9.20. The van der Waals surface area contributed by atoms with Crippen LogP contribution in [0.3, 0.4) is 0 Å². The Labute approximate surface area is 174 Å². The normalized spacial score (nSPS) is 15.3. The molecular weight excluding hydrogens is 443 g/mol. The fourth-order valence-electron chi connectivity index (χ4n) is 2.82. The number of ether oxygens (including phenoxy) is 2. The van der Waals surface area contributed by atoms with Gasteiger partial charge in [-0.3, -0.25) is 9.89 Å². The number of benzene rings is 1. The van der Waals surface area contributed by atoms with E-state index < -0.39 is 0 Å². The second-order valence-corrected chi connectivity index (χ2v) is 6.31. The van der Waals surface area contributed by atoms with E-state index in [1.807, 2.05) is 0 Å². The van der Waals surface area contributed by atoms with E-state index >= 15 is 0 Å². The van der Waals surface area contributed by atoms with Crippen LogP contribution in [-0.4, -0.2) is 69.9 Å². The van der Waals surface area contributed by atoms with Gasteiger partial charge in [-0.05, 0) is 44.0 Å². The first-order chi connectivity index (χ1) is 12.2. The Morgan fingerprint density at radius 2 is 1.85 bits per heavy atom. The number of rotatable bonds is 8. The molecule has 1 aliphatic rings. The number of hydrogen-bond donors (Lipinski definition) is 2. The van der Waals surface area contributed by atoms with Gasteiger partial charge >= 0.3 is 0 Å². The average molecular weight is 476 g/mol. The lowest BCUT2D eigenvalue weighted by molar-refractivity contribution is 0.0394. The third-order valence-corrected chi connectivity index (χ3v) is 3.99. The summed E-state index contributed by atoms with van der Waals surface area (Å²) < 4.78 is 11.2. The molecule has 0 unspecified atom stereocenters. The van der Waals surface area contributed by atoms with Crippen LogP contribution in [0.25, 0.3) is 0 Å². The molecule has 0 amide bonds. The van der Waals surface area contributed by atoms with Crippen molar-refractivity contribution in [2.75, 3.05) is 59.1 Å². The number of guanidine groups is 1. The molecular formula is C19H33IN4O2. The van der Waals surface area contributed by atoms with Crippen LogP contribution in [0, 0.1) is 13.8 Å². The van der Waals surface area contributed by atoms with Gasteiger partial charge in [0.2, 0.25) is 0 Å². The first-order valence-corrected chi connectivity index (χ1v) is 9.20. The second kappa shape index (κ2) is 13.2. The number of morpholine rings is 1. The Hall–Kier alpha value is -1.06. The Balaban J connectivity index is 0.00000338. The van der Waals surface area contributed by atoms with Crippen LogP contribution in [0.1, 0.15) is 18.1 Å². The zero-order valence-electron chi connectivity index (χ0n) is 16.2. The van der Waals surface area contributed by atoms with E-state index in [9.17, 15) is 0 Å². The van der Waals surface area contributed by atoms with Crippen LogP contribution in [-0.2, 0) is 4.74 Å². The van der Waals surface area contributed by atoms with Gasteiger partial charge in [0, 0.05) is 26.2 Å². The van der Waals surface area contributed by atoms with E-state index in [0.717, 1.165) is 64.2 Å². The van der Waals surface area contributed by atoms with Gasteiger partial charge in [-0.2, -0.15) is 0 Å². The fourth-order valence-corrected chi connectivity index (χ4v) is 2.82. The summed E-state index contributed by atoms with van der Waals surface area (Å²) >= 11 is 0. The molecule has 0 aromatic heterocycles. The maximum Gasteiger partial charge on any atom is 0.191 e. The van der Waals surface area contributed by atoms with E-state index in [4.69, 9.17) is 9.47 Å². The van der Waals surface area contributed by atoms with E-state index in [1.54, 1.807) is 0 Å². The van der Waals surface area contributed by atoms with Crippen LogP contribution in [0.5, 0.6) is 5.75 Å².